The summed E-state index contributed by atoms with van der Waals surface area (Å²) in [6.07, 6.45) is 8.09. The highest BCUT2D eigenvalue weighted by Crippen LogP contribution is 2.34. The summed E-state index contributed by atoms with van der Waals surface area (Å²) in [5.41, 5.74) is 1.03. The smallest absolute Gasteiger partial charge is 0.330 e. The third kappa shape index (κ3) is 9.84. The number of nitrogens with one attached hydrogen (secondary N) is 1. The van der Waals surface area contributed by atoms with E-state index in [0.717, 1.165) is 12.0 Å². The molecule has 0 aromatic heterocycles. The highest BCUT2D eigenvalue weighted by atomic mass is 16.4. The Morgan fingerprint density at radius 2 is 1.56 bits per heavy atom. The van der Waals surface area contributed by atoms with Gasteiger partial charge in [-0.15, -0.1) is 0 Å². The number of amides is 1. The largest absolute Gasteiger partial charge is 0.478 e. The molecule has 4 nitrogen and oxygen atoms in total. The van der Waals surface area contributed by atoms with Crippen LogP contribution in [0.15, 0.2) is 54.1 Å². The fourth-order valence-electron chi connectivity index (χ4n) is 3.45. The van der Waals surface area contributed by atoms with E-state index < -0.39 is 5.97 Å². The molecular formula is C28H45NO3. The monoisotopic (exact) mass is 443 g/mol. The molecule has 0 fully saturated rings. The van der Waals surface area contributed by atoms with E-state index in [1.165, 1.54) is 6.42 Å². The molecule has 0 aliphatic carbocycles. The molecule has 1 aromatic carbocycles. The van der Waals surface area contributed by atoms with E-state index in [1.54, 1.807) is 13.0 Å². The van der Waals surface area contributed by atoms with Crippen LogP contribution in [0, 0.1) is 11.3 Å². The Kier molecular flexibility index (Phi) is 12.9. The van der Waals surface area contributed by atoms with Gasteiger partial charge in [0.15, 0.2) is 0 Å². The Morgan fingerprint density at radius 1 is 1.03 bits per heavy atom. The third-order valence-corrected chi connectivity index (χ3v) is 5.57. The number of carboxylic acid groups (broad SMARTS) is 1. The molecule has 1 amide bonds. The maximum atomic E-state index is 13.2. The van der Waals surface area contributed by atoms with E-state index in [9.17, 15) is 9.59 Å². The number of hydrogen-bond donors (Lipinski definition) is 2. The Labute approximate surface area is 196 Å². The lowest BCUT2D eigenvalue weighted by molar-refractivity contribution is -0.132. The van der Waals surface area contributed by atoms with Crippen molar-refractivity contribution in [1.82, 2.24) is 5.32 Å². The molecule has 32 heavy (non-hydrogen) atoms. The molecule has 2 atom stereocenters. The van der Waals surface area contributed by atoms with Crippen LogP contribution in [0.4, 0.5) is 0 Å². The molecule has 4 heteroatoms. The summed E-state index contributed by atoms with van der Waals surface area (Å²) in [6.45, 7) is 18.4. The van der Waals surface area contributed by atoms with Crippen molar-refractivity contribution in [3.8, 4) is 0 Å². The molecule has 0 heterocycles. The molecule has 180 valence electrons. The summed E-state index contributed by atoms with van der Waals surface area (Å²) >= 11 is 0. The minimum absolute atomic E-state index is 0.0446. The number of allylic oxidation sites excluding steroid dienone is 2. The number of hydrogen-bond acceptors (Lipinski definition) is 2. The van der Waals surface area contributed by atoms with Gasteiger partial charge >= 0.3 is 5.97 Å². The topological polar surface area (TPSA) is 66.4 Å². The van der Waals surface area contributed by atoms with Crippen LogP contribution in [-0.2, 0) is 15.0 Å². The van der Waals surface area contributed by atoms with Gasteiger partial charge in [-0.05, 0) is 30.7 Å². The van der Waals surface area contributed by atoms with Crippen molar-refractivity contribution in [2.45, 2.75) is 93.0 Å². The van der Waals surface area contributed by atoms with Crippen molar-refractivity contribution < 1.29 is 14.7 Å². The molecule has 1 aromatic rings. The predicted molar refractivity (Wildman–Crippen MR) is 136 cm³/mol. The predicted octanol–water partition coefficient (Wildman–Crippen LogP) is 6.91. The average molecular weight is 444 g/mol. The zero-order valence-electron chi connectivity index (χ0n) is 21.7. The van der Waals surface area contributed by atoms with Crippen molar-refractivity contribution >= 4 is 11.9 Å². The highest BCUT2D eigenvalue weighted by Gasteiger charge is 2.37. The molecule has 0 saturated heterocycles. The van der Waals surface area contributed by atoms with Crippen LogP contribution in [0.1, 0.15) is 87.1 Å². The molecule has 0 saturated carbocycles. The summed E-state index contributed by atoms with van der Waals surface area (Å²) < 4.78 is 0. The third-order valence-electron chi connectivity index (χ3n) is 5.57. The van der Waals surface area contributed by atoms with Gasteiger partial charge in [-0.1, -0.05) is 110 Å². The van der Waals surface area contributed by atoms with Crippen LogP contribution in [0.2, 0.25) is 0 Å². The van der Waals surface area contributed by atoms with E-state index in [2.05, 4.69) is 72.8 Å². The fourth-order valence-corrected chi connectivity index (χ4v) is 3.45. The van der Waals surface area contributed by atoms with Crippen LogP contribution < -0.4 is 5.32 Å². The number of carbonyl (C=O) groups excluding carboxylic acids is 1. The second kappa shape index (κ2) is 13.9. The minimum atomic E-state index is -0.909. The molecule has 2 N–H and O–H groups in total. The number of aliphatic carboxylic acids is 1. The van der Waals surface area contributed by atoms with Gasteiger partial charge in [-0.25, -0.2) is 4.79 Å². The Morgan fingerprint density at radius 3 is 2.00 bits per heavy atom. The van der Waals surface area contributed by atoms with Gasteiger partial charge in [-0.2, -0.15) is 0 Å². The standard InChI is InChI=1S/C25H37NO3.C3H8/c1-8-20(25(6,7)19-15-10-9-11-16-19)22(27)26-21(24(3,4)5)17-13-12-14-18(2)23(28)29;1-3-2/h9-11,13-17,20-21H,8,12H2,1-7H3,(H,26,27)(H,28,29);3H2,1-2H3/b17-13+,18-14+;/t20?,21-;/m1./s1. The Balaban J connectivity index is 0.00000302. The van der Waals surface area contributed by atoms with Gasteiger partial charge in [0.05, 0.1) is 6.04 Å². The summed E-state index contributed by atoms with van der Waals surface area (Å²) in [5, 5.41) is 12.2. The first-order valence-electron chi connectivity index (χ1n) is 11.7. The van der Waals surface area contributed by atoms with Crippen LogP contribution in [-0.4, -0.2) is 23.0 Å². The number of carbonyl (C=O) groups is 2. The van der Waals surface area contributed by atoms with Gasteiger partial charge < -0.3 is 10.4 Å². The lowest BCUT2D eigenvalue weighted by Gasteiger charge is -2.36. The van der Waals surface area contributed by atoms with Crippen molar-refractivity contribution in [1.29, 1.82) is 0 Å². The van der Waals surface area contributed by atoms with Gasteiger partial charge in [-0.3, -0.25) is 4.79 Å². The Bertz CT molecular complexity index is 755. The van der Waals surface area contributed by atoms with E-state index in [4.69, 9.17) is 5.11 Å². The lowest BCUT2D eigenvalue weighted by Crippen LogP contribution is -2.48. The molecular weight excluding hydrogens is 398 g/mol. The van der Waals surface area contributed by atoms with Crippen LogP contribution in [0.25, 0.3) is 0 Å². The number of rotatable bonds is 9. The molecule has 0 radical (unpaired) electrons. The van der Waals surface area contributed by atoms with Crippen LogP contribution >= 0.6 is 0 Å². The van der Waals surface area contributed by atoms with Crippen molar-refractivity contribution in [2.24, 2.45) is 11.3 Å². The highest BCUT2D eigenvalue weighted by molar-refractivity contribution is 5.85. The second-order valence-electron chi connectivity index (χ2n) is 9.96. The first-order chi connectivity index (χ1) is 14.8. The molecule has 1 unspecified atom stereocenters. The lowest BCUT2D eigenvalue weighted by atomic mass is 9.71. The molecule has 1 rings (SSSR count). The number of benzene rings is 1. The van der Waals surface area contributed by atoms with Crippen LogP contribution in [0.3, 0.4) is 0 Å². The first-order valence-corrected chi connectivity index (χ1v) is 11.7. The van der Waals surface area contributed by atoms with E-state index >= 15 is 0 Å². The van der Waals surface area contributed by atoms with Crippen LogP contribution in [0.5, 0.6) is 0 Å². The molecule has 0 aliphatic heterocycles. The zero-order chi connectivity index (χ0) is 24.9. The Hall–Kier alpha value is -2.36. The summed E-state index contributed by atoms with van der Waals surface area (Å²) in [6, 6.07) is 10.0. The molecule has 0 aliphatic rings. The van der Waals surface area contributed by atoms with Gasteiger partial charge in [0.25, 0.3) is 0 Å². The summed E-state index contributed by atoms with van der Waals surface area (Å²) in [4.78, 5) is 24.1. The summed E-state index contributed by atoms with van der Waals surface area (Å²) in [5.74, 6) is -1.02. The first kappa shape index (κ1) is 29.6. The summed E-state index contributed by atoms with van der Waals surface area (Å²) in [7, 11) is 0. The normalized spacial score (nSPS) is 14.3. The maximum Gasteiger partial charge on any atom is 0.330 e. The van der Waals surface area contributed by atoms with Crippen molar-refractivity contribution in [3.05, 3.63) is 59.7 Å². The molecule has 0 spiro atoms. The van der Waals surface area contributed by atoms with Gasteiger partial charge in [0.1, 0.15) is 0 Å². The average Bonchev–Trinajstić information content (AvgIpc) is 2.70. The zero-order valence-corrected chi connectivity index (χ0v) is 21.7. The van der Waals surface area contributed by atoms with E-state index in [-0.39, 0.29) is 28.7 Å². The van der Waals surface area contributed by atoms with Crippen molar-refractivity contribution in [2.75, 3.05) is 0 Å². The van der Waals surface area contributed by atoms with Crippen molar-refractivity contribution in [3.63, 3.8) is 0 Å². The molecule has 0 bridgehead atoms. The van der Waals surface area contributed by atoms with E-state index in [0.29, 0.717) is 12.0 Å². The second-order valence-corrected chi connectivity index (χ2v) is 9.96. The SMILES string of the molecule is CCC.CCC(C(=O)N[C@H](/C=C/C/C=C(\C)C(=O)O)C(C)(C)C)C(C)(C)c1ccccc1. The maximum absolute atomic E-state index is 13.2. The quantitative estimate of drug-likeness (QED) is 0.322. The van der Waals surface area contributed by atoms with Gasteiger partial charge in [0.2, 0.25) is 5.91 Å². The van der Waals surface area contributed by atoms with E-state index in [1.807, 2.05) is 30.4 Å². The number of carboxylic acids is 1. The minimum Gasteiger partial charge on any atom is -0.478 e. The fraction of sp³-hybridized carbons (Fsp3) is 0.571. The van der Waals surface area contributed by atoms with Gasteiger partial charge in [0, 0.05) is 16.9 Å².